The van der Waals surface area contributed by atoms with Gasteiger partial charge in [-0.2, -0.15) is 0 Å². The Bertz CT molecular complexity index is 371. The summed E-state index contributed by atoms with van der Waals surface area (Å²) < 4.78 is 0. The average Bonchev–Trinajstić information content (AvgIpc) is 2.91. The molecule has 0 aromatic rings. The first-order chi connectivity index (χ1) is 10.2. The van der Waals surface area contributed by atoms with E-state index in [9.17, 15) is 0 Å². The van der Waals surface area contributed by atoms with Crippen molar-refractivity contribution in [2.75, 3.05) is 0 Å². The van der Waals surface area contributed by atoms with Crippen LogP contribution >= 0.6 is 0 Å². The molecule has 0 saturated heterocycles. The van der Waals surface area contributed by atoms with Crippen molar-refractivity contribution in [2.24, 2.45) is 34.5 Å². The minimum atomic E-state index is -1.20. The first-order valence-electron chi connectivity index (χ1n) is 10.2. The molecular weight excluding hydrogens is 292 g/mol. The SMILES string of the molecule is CC1CC(C(C)(C)C)CC1[Si](C)(C)C1CC(C(C)(C)C)CC1C. The van der Waals surface area contributed by atoms with E-state index in [0.717, 1.165) is 34.8 Å². The molecule has 0 nitrogen and oxygen atoms in total. The summed E-state index contributed by atoms with van der Waals surface area (Å²) in [5, 5.41) is 0. The summed E-state index contributed by atoms with van der Waals surface area (Å²) in [4.78, 5) is 0. The highest BCUT2D eigenvalue weighted by molar-refractivity contribution is 6.80. The number of hydrogen-bond donors (Lipinski definition) is 0. The van der Waals surface area contributed by atoms with Gasteiger partial charge in [-0.25, -0.2) is 0 Å². The molecule has 6 unspecified atom stereocenters. The molecule has 0 aliphatic heterocycles. The Kier molecular flexibility index (Phi) is 5.25. The van der Waals surface area contributed by atoms with E-state index in [1.807, 2.05) is 0 Å². The molecule has 2 aliphatic carbocycles. The normalized spacial score (nSPS) is 39.9. The van der Waals surface area contributed by atoms with Crippen molar-refractivity contribution in [2.45, 2.75) is 105 Å². The topological polar surface area (TPSA) is 0 Å². The Hall–Kier alpha value is 0.217. The monoisotopic (exact) mass is 336 g/mol. The molecule has 2 rings (SSSR count). The standard InChI is InChI=1S/C22H44Si/c1-15-11-17(21(3,4)5)13-19(15)23(9,10)20-14-18(12-16(20)2)22(6,7)8/h15-20H,11-14H2,1-10H3. The van der Waals surface area contributed by atoms with Crippen molar-refractivity contribution in [3.05, 3.63) is 0 Å². The summed E-state index contributed by atoms with van der Waals surface area (Å²) in [7, 11) is -1.20. The highest BCUT2D eigenvalue weighted by atomic mass is 28.3. The summed E-state index contributed by atoms with van der Waals surface area (Å²) in [6.07, 6.45) is 6.00. The second-order valence-electron chi connectivity index (χ2n) is 12.1. The lowest BCUT2D eigenvalue weighted by atomic mass is 9.79. The van der Waals surface area contributed by atoms with Gasteiger partial charge in [-0.05, 0) is 71.3 Å². The summed E-state index contributed by atoms with van der Waals surface area (Å²) in [5.74, 6) is 3.82. The zero-order valence-electron chi connectivity index (χ0n) is 17.8. The maximum absolute atomic E-state index is 2.76. The molecule has 23 heavy (non-hydrogen) atoms. The fourth-order valence-corrected chi connectivity index (χ4v) is 11.8. The number of hydrogen-bond acceptors (Lipinski definition) is 0. The van der Waals surface area contributed by atoms with Gasteiger partial charge >= 0.3 is 0 Å². The van der Waals surface area contributed by atoms with Gasteiger partial charge in [0.15, 0.2) is 0 Å². The van der Waals surface area contributed by atoms with E-state index in [1.54, 1.807) is 0 Å². The van der Waals surface area contributed by atoms with E-state index < -0.39 is 8.07 Å². The lowest BCUT2D eigenvalue weighted by molar-refractivity contribution is 0.240. The average molecular weight is 337 g/mol. The quantitative estimate of drug-likeness (QED) is 0.455. The maximum atomic E-state index is 2.76. The molecule has 2 aliphatic rings. The third-order valence-corrected chi connectivity index (χ3v) is 13.6. The van der Waals surface area contributed by atoms with Gasteiger partial charge in [-0.3, -0.25) is 0 Å². The molecule has 6 atom stereocenters. The summed E-state index contributed by atoms with van der Waals surface area (Å²) in [6.45, 7) is 25.5. The van der Waals surface area contributed by atoms with Crippen molar-refractivity contribution in [3.8, 4) is 0 Å². The van der Waals surface area contributed by atoms with Gasteiger partial charge in [0.05, 0.1) is 8.07 Å². The van der Waals surface area contributed by atoms with Crippen LogP contribution in [0.5, 0.6) is 0 Å². The van der Waals surface area contributed by atoms with Gasteiger partial charge in [0.1, 0.15) is 0 Å². The Labute approximate surface area is 148 Å². The molecule has 1 heteroatoms. The Morgan fingerprint density at radius 3 is 1.13 bits per heavy atom. The summed E-state index contributed by atoms with van der Waals surface area (Å²) >= 11 is 0. The van der Waals surface area contributed by atoms with Crippen molar-refractivity contribution in [3.63, 3.8) is 0 Å². The van der Waals surface area contributed by atoms with Crippen molar-refractivity contribution < 1.29 is 0 Å². The van der Waals surface area contributed by atoms with E-state index in [4.69, 9.17) is 0 Å². The molecular formula is C22H44Si. The van der Waals surface area contributed by atoms with Crippen molar-refractivity contribution in [1.82, 2.24) is 0 Å². The van der Waals surface area contributed by atoms with Crippen LogP contribution in [0.25, 0.3) is 0 Å². The molecule has 0 aromatic heterocycles. The van der Waals surface area contributed by atoms with Crippen LogP contribution in [0.15, 0.2) is 0 Å². The second-order valence-corrected chi connectivity index (χ2v) is 17.2. The van der Waals surface area contributed by atoms with E-state index >= 15 is 0 Å². The third-order valence-electron chi connectivity index (χ3n) is 8.12. The van der Waals surface area contributed by atoms with Crippen LogP contribution in [0.2, 0.25) is 24.2 Å². The van der Waals surface area contributed by atoms with Crippen LogP contribution in [0.3, 0.4) is 0 Å². The Balaban J connectivity index is 2.15. The predicted octanol–water partition coefficient (Wildman–Crippen LogP) is 7.62. The van der Waals surface area contributed by atoms with Crippen LogP contribution in [0.1, 0.15) is 81.1 Å². The largest absolute Gasteiger partial charge is 0.0689 e. The zero-order valence-corrected chi connectivity index (χ0v) is 18.8. The van der Waals surface area contributed by atoms with Gasteiger partial charge in [-0.1, -0.05) is 68.5 Å². The van der Waals surface area contributed by atoms with Crippen LogP contribution < -0.4 is 0 Å². The third kappa shape index (κ3) is 3.91. The van der Waals surface area contributed by atoms with Crippen molar-refractivity contribution >= 4 is 8.07 Å². The van der Waals surface area contributed by atoms with E-state index in [1.165, 1.54) is 25.7 Å². The molecule has 136 valence electrons. The Morgan fingerprint density at radius 2 is 0.913 bits per heavy atom. The fourth-order valence-electron chi connectivity index (χ4n) is 6.26. The lowest BCUT2D eigenvalue weighted by Gasteiger charge is -2.41. The molecule has 2 fully saturated rings. The maximum Gasteiger partial charge on any atom is 0.0541 e. The minimum Gasteiger partial charge on any atom is -0.0689 e. The van der Waals surface area contributed by atoms with Crippen LogP contribution in [0, 0.1) is 34.5 Å². The van der Waals surface area contributed by atoms with Gasteiger partial charge in [0.2, 0.25) is 0 Å². The van der Waals surface area contributed by atoms with E-state index in [2.05, 4.69) is 68.5 Å². The molecule has 0 aromatic carbocycles. The van der Waals surface area contributed by atoms with E-state index in [0.29, 0.717) is 10.8 Å². The zero-order chi connectivity index (χ0) is 17.8. The van der Waals surface area contributed by atoms with Gasteiger partial charge in [-0.15, -0.1) is 0 Å². The molecule has 0 spiro atoms. The lowest BCUT2D eigenvalue weighted by Crippen LogP contribution is -2.41. The molecule has 0 amide bonds. The molecule has 0 heterocycles. The number of rotatable bonds is 2. The van der Waals surface area contributed by atoms with Gasteiger partial charge < -0.3 is 0 Å². The van der Waals surface area contributed by atoms with Crippen molar-refractivity contribution in [1.29, 1.82) is 0 Å². The Morgan fingerprint density at radius 1 is 0.609 bits per heavy atom. The smallest absolute Gasteiger partial charge is 0.0541 e. The molecule has 2 saturated carbocycles. The molecule has 0 N–H and O–H groups in total. The van der Waals surface area contributed by atoms with Crippen LogP contribution in [-0.2, 0) is 0 Å². The first-order valence-corrected chi connectivity index (χ1v) is 13.4. The highest BCUT2D eigenvalue weighted by Crippen LogP contribution is 2.60. The summed E-state index contributed by atoms with van der Waals surface area (Å²) in [5.41, 5.74) is 3.11. The minimum absolute atomic E-state index is 0.503. The van der Waals surface area contributed by atoms with Crippen LogP contribution in [-0.4, -0.2) is 8.07 Å². The molecule has 0 bridgehead atoms. The summed E-state index contributed by atoms with van der Waals surface area (Å²) in [6, 6.07) is 0. The predicted molar refractivity (Wildman–Crippen MR) is 108 cm³/mol. The van der Waals surface area contributed by atoms with Crippen LogP contribution in [0.4, 0.5) is 0 Å². The highest BCUT2D eigenvalue weighted by Gasteiger charge is 2.52. The van der Waals surface area contributed by atoms with Gasteiger partial charge in [0.25, 0.3) is 0 Å². The first kappa shape index (κ1) is 19.5. The fraction of sp³-hybridized carbons (Fsp3) is 1.00. The second kappa shape index (κ2) is 6.18. The molecule has 0 radical (unpaired) electrons. The van der Waals surface area contributed by atoms with E-state index in [-0.39, 0.29) is 0 Å². The van der Waals surface area contributed by atoms with Gasteiger partial charge in [0, 0.05) is 0 Å².